The molecule has 0 N–H and O–H groups in total. The van der Waals surface area contributed by atoms with Crippen LogP contribution in [0.25, 0.3) is 0 Å². The standard InChI is InChI=1S/C14H24N2O2/c1-11(2)12(8-15)9-16-5-7-18-14(10-16)13-4-3-6-17-13/h11-14H,3-7,9-10H2,1-2H3/t12-,13-,14-/m1/s1. The van der Waals surface area contributed by atoms with Crippen LogP contribution in [-0.2, 0) is 9.47 Å². The van der Waals surface area contributed by atoms with Crippen molar-refractivity contribution < 1.29 is 9.47 Å². The van der Waals surface area contributed by atoms with E-state index < -0.39 is 0 Å². The van der Waals surface area contributed by atoms with Gasteiger partial charge in [-0.15, -0.1) is 0 Å². The molecule has 0 radical (unpaired) electrons. The summed E-state index contributed by atoms with van der Waals surface area (Å²) in [6.45, 7) is 8.58. The second kappa shape index (κ2) is 6.51. The molecular formula is C14H24N2O2. The van der Waals surface area contributed by atoms with E-state index in [1.165, 1.54) is 0 Å². The number of morpholine rings is 1. The summed E-state index contributed by atoms with van der Waals surface area (Å²) in [5.41, 5.74) is 0. The van der Waals surface area contributed by atoms with E-state index >= 15 is 0 Å². The van der Waals surface area contributed by atoms with E-state index in [-0.39, 0.29) is 18.1 Å². The number of ether oxygens (including phenoxy) is 2. The maximum absolute atomic E-state index is 9.17. The average molecular weight is 252 g/mol. The molecule has 18 heavy (non-hydrogen) atoms. The highest BCUT2D eigenvalue weighted by Gasteiger charge is 2.32. The van der Waals surface area contributed by atoms with Crippen LogP contribution in [-0.4, -0.2) is 50.0 Å². The van der Waals surface area contributed by atoms with Crippen LogP contribution < -0.4 is 0 Å². The van der Waals surface area contributed by atoms with Crippen LogP contribution in [0.5, 0.6) is 0 Å². The number of rotatable bonds is 4. The molecule has 0 spiro atoms. The van der Waals surface area contributed by atoms with Crippen molar-refractivity contribution in [3.05, 3.63) is 0 Å². The van der Waals surface area contributed by atoms with Crippen molar-refractivity contribution in [3.63, 3.8) is 0 Å². The maximum Gasteiger partial charge on any atom is 0.0963 e. The Morgan fingerprint density at radius 2 is 2.06 bits per heavy atom. The van der Waals surface area contributed by atoms with Crippen LogP contribution in [0, 0.1) is 23.2 Å². The minimum atomic E-state index is 0.119. The van der Waals surface area contributed by atoms with Gasteiger partial charge in [0, 0.05) is 26.2 Å². The SMILES string of the molecule is CC(C)[C@H](C#N)CN1CCO[C@@H]([C@H]2CCCO2)C1. The van der Waals surface area contributed by atoms with E-state index in [1.807, 2.05) is 0 Å². The monoisotopic (exact) mass is 252 g/mol. The van der Waals surface area contributed by atoms with E-state index in [1.54, 1.807) is 0 Å². The average Bonchev–Trinajstić information content (AvgIpc) is 2.90. The Balaban J connectivity index is 1.84. The lowest BCUT2D eigenvalue weighted by atomic mass is 9.96. The van der Waals surface area contributed by atoms with Gasteiger partial charge >= 0.3 is 0 Å². The Morgan fingerprint density at radius 1 is 1.28 bits per heavy atom. The minimum absolute atomic E-state index is 0.119. The Hall–Kier alpha value is -0.630. The summed E-state index contributed by atoms with van der Waals surface area (Å²) in [4.78, 5) is 2.36. The molecule has 0 saturated carbocycles. The lowest BCUT2D eigenvalue weighted by molar-refractivity contribution is -0.0961. The van der Waals surface area contributed by atoms with Crippen LogP contribution in [0.4, 0.5) is 0 Å². The summed E-state index contributed by atoms with van der Waals surface area (Å²) in [6.07, 6.45) is 2.74. The summed E-state index contributed by atoms with van der Waals surface area (Å²) >= 11 is 0. The molecule has 2 saturated heterocycles. The van der Waals surface area contributed by atoms with Crippen LogP contribution in [0.15, 0.2) is 0 Å². The Morgan fingerprint density at radius 3 is 2.67 bits per heavy atom. The van der Waals surface area contributed by atoms with Crippen LogP contribution >= 0.6 is 0 Å². The zero-order chi connectivity index (χ0) is 13.0. The minimum Gasteiger partial charge on any atom is -0.375 e. The predicted octanol–water partition coefficient (Wildman–Crippen LogP) is 1.66. The topological polar surface area (TPSA) is 45.5 Å². The molecule has 102 valence electrons. The highest BCUT2D eigenvalue weighted by molar-refractivity contribution is 4.89. The van der Waals surface area contributed by atoms with Crippen LogP contribution in [0.3, 0.4) is 0 Å². The molecule has 3 atom stereocenters. The molecule has 0 bridgehead atoms. The normalized spacial score (nSPS) is 31.4. The zero-order valence-electron chi connectivity index (χ0n) is 11.5. The van der Waals surface area contributed by atoms with Crippen molar-refractivity contribution in [2.24, 2.45) is 11.8 Å². The van der Waals surface area contributed by atoms with E-state index in [0.29, 0.717) is 5.92 Å². The quantitative estimate of drug-likeness (QED) is 0.763. The van der Waals surface area contributed by atoms with Gasteiger partial charge in [0.05, 0.1) is 30.8 Å². The third kappa shape index (κ3) is 3.44. The first-order valence-electron chi connectivity index (χ1n) is 7.06. The summed E-state index contributed by atoms with van der Waals surface area (Å²) in [6, 6.07) is 2.42. The van der Waals surface area contributed by atoms with Gasteiger partial charge in [-0.05, 0) is 18.8 Å². The number of nitriles is 1. The lowest BCUT2D eigenvalue weighted by Gasteiger charge is -2.36. The molecule has 0 aromatic heterocycles. The molecule has 2 aliphatic heterocycles. The van der Waals surface area contributed by atoms with Gasteiger partial charge < -0.3 is 9.47 Å². The van der Waals surface area contributed by atoms with Gasteiger partial charge in [0.1, 0.15) is 0 Å². The van der Waals surface area contributed by atoms with E-state index in [9.17, 15) is 5.26 Å². The van der Waals surface area contributed by atoms with Crippen molar-refractivity contribution >= 4 is 0 Å². The highest BCUT2D eigenvalue weighted by atomic mass is 16.5. The molecule has 0 unspecified atom stereocenters. The molecule has 4 nitrogen and oxygen atoms in total. The largest absolute Gasteiger partial charge is 0.375 e. The second-order valence-electron chi connectivity index (χ2n) is 5.70. The van der Waals surface area contributed by atoms with Gasteiger partial charge in [0.15, 0.2) is 0 Å². The molecule has 0 aromatic carbocycles. The second-order valence-corrected chi connectivity index (χ2v) is 5.70. The summed E-state index contributed by atoms with van der Waals surface area (Å²) < 4.78 is 11.5. The number of nitrogens with zero attached hydrogens (tertiary/aromatic N) is 2. The molecule has 0 amide bonds. The van der Waals surface area contributed by atoms with E-state index in [4.69, 9.17) is 9.47 Å². The Kier molecular flexibility index (Phi) is 4.99. The van der Waals surface area contributed by atoms with Crippen molar-refractivity contribution in [1.82, 2.24) is 4.90 Å². The van der Waals surface area contributed by atoms with Gasteiger partial charge in [-0.1, -0.05) is 13.8 Å². The molecule has 0 aliphatic carbocycles. The fourth-order valence-corrected chi connectivity index (χ4v) is 2.70. The van der Waals surface area contributed by atoms with Gasteiger partial charge in [-0.2, -0.15) is 5.26 Å². The van der Waals surface area contributed by atoms with Crippen LogP contribution in [0.1, 0.15) is 26.7 Å². The number of hydrogen-bond donors (Lipinski definition) is 0. The van der Waals surface area contributed by atoms with Gasteiger partial charge in [0.25, 0.3) is 0 Å². The van der Waals surface area contributed by atoms with Gasteiger partial charge in [-0.25, -0.2) is 0 Å². The third-order valence-corrected chi connectivity index (χ3v) is 3.98. The summed E-state index contributed by atoms with van der Waals surface area (Å²) in [5.74, 6) is 0.535. The van der Waals surface area contributed by atoms with Crippen LogP contribution in [0.2, 0.25) is 0 Å². The van der Waals surface area contributed by atoms with Crippen molar-refractivity contribution in [2.75, 3.05) is 32.8 Å². The Labute approximate surface area is 110 Å². The summed E-state index contributed by atoms with van der Waals surface area (Å²) in [7, 11) is 0. The van der Waals surface area contributed by atoms with Gasteiger partial charge in [-0.3, -0.25) is 4.90 Å². The van der Waals surface area contributed by atoms with E-state index in [2.05, 4.69) is 24.8 Å². The molecule has 2 fully saturated rings. The highest BCUT2D eigenvalue weighted by Crippen LogP contribution is 2.22. The first-order chi connectivity index (χ1) is 8.70. The lowest BCUT2D eigenvalue weighted by Crippen LogP contribution is -2.49. The molecule has 2 heterocycles. The molecule has 4 heteroatoms. The maximum atomic E-state index is 9.17. The Bertz CT molecular complexity index is 295. The molecule has 0 aromatic rings. The van der Waals surface area contributed by atoms with E-state index in [0.717, 1.165) is 45.7 Å². The van der Waals surface area contributed by atoms with Crippen molar-refractivity contribution in [2.45, 2.75) is 38.9 Å². The van der Waals surface area contributed by atoms with Crippen molar-refractivity contribution in [1.29, 1.82) is 5.26 Å². The first kappa shape index (κ1) is 13.8. The smallest absolute Gasteiger partial charge is 0.0963 e. The summed E-state index contributed by atoms with van der Waals surface area (Å²) in [5, 5.41) is 9.17. The fraction of sp³-hybridized carbons (Fsp3) is 0.929. The predicted molar refractivity (Wildman–Crippen MR) is 69.1 cm³/mol. The molecular weight excluding hydrogens is 228 g/mol. The number of hydrogen-bond acceptors (Lipinski definition) is 4. The third-order valence-electron chi connectivity index (χ3n) is 3.98. The fourth-order valence-electron chi connectivity index (χ4n) is 2.70. The zero-order valence-corrected chi connectivity index (χ0v) is 11.5. The first-order valence-corrected chi connectivity index (χ1v) is 7.06. The van der Waals surface area contributed by atoms with Gasteiger partial charge in [0.2, 0.25) is 0 Å². The van der Waals surface area contributed by atoms with Crippen molar-refractivity contribution in [3.8, 4) is 6.07 Å². The molecule has 2 rings (SSSR count). The molecule has 2 aliphatic rings.